The fourth-order valence-electron chi connectivity index (χ4n) is 2.99. The number of nitriles is 1. The van der Waals surface area contributed by atoms with Crippen molar-refractivity contribution in [3.63, 3.8) is 0 Å². The molecule has 152 valence electrons. The van der Waals surface area contributed by atoms with E-state index in [2.05, 4.69) is 6.07 Å². The molecular formula is C22H25N3O4. The number of hydrogen-bond donors (Lipinski definition) is 0. The summed E-state index contributed by atoms with van der Waals surface area (Å²) in [4.78, 5) is 25.8. The van der Waals surface area contributed by atoms with Crippen molar-refractivity contribution in [2.45, 2.75) is 32.7 Å². The van der Waals surface area contributed by atoms with Gasteiger partial charge in [-0.15, -0.1) is 0 Å². The number of ether oxygens (including phenoxy) is 1. The minimum absolute atomic E-state index is 0.0617. The highest BCUT2D eigenvalue weighted by molar-refractivity contribution is 5.95. The van der Waals surface area contributed by atoms with Gasteiger partial charge in [0.05, 0.1) is 23.2 Å². The molecule has 0 spiro atoms. The van der Waals surface area contributed by atoms with E-state index in [1.54, 1.807) is 48.4 Å². The summed E-state index contributed by atoms with van der Waals surface area (Å²) in [6, 6.07) is 13.7. The van der Waals surface area contributed by atoms with E-state index in [-0.39, 0.29) is 17.2 Å². The van der Waals surface area contributed by atoms with E-state index in [1.165, 1.54) is 6.07 Å². The summed E-state index contributed by atoms with van der Waals surface area (Å²) in [5, 5.41) is 20.5. The first kappa shape index (κ1) is 22.1. The first-order valence-electron chi connectivity index (χ1n) is 9.23. The van der Waals surface area contributed by atoms with Gasteiger partial charge in [-0.1, -0.05) is 39.0 Å². The molecule has 2 rings (SSSR count). The molecule has 0 aromatic heterocycles. The molecule has 0 aliphatic heterocycles. The Morgan fingerprint density at radius 1 is 1.21 bits per heavy atom. The molecular weight excluding hydrogens is 370 g/mol. The summed E-state index contributed by atoms with van der Waals surface area (Å²) in [5.41, 5.74) is 1.76. The first-order valence-corrected chi connectivity index (χ1v) is 9.23. The summed E-state index contributed by atoms with van der Waals surface area (Å²) >= 11 is 0. The van der Waals surface area contributed by atoms with Crippen LogP contribution in [-0.2, 0) is 16.7 Å². The van der Waals surface area contributed by atoms with Crippen molar-refractivity contribution < 1.29 is 14.5 Å². The highest BCUT2D eigenvalue weighted by Crippen LogP contribution is 2.32. The normalized spacial score (nSPS) is 11.0. The van der Waals surface area contributed by atoms with Crippen molar-refractivity contribution in [2.75, 3.05) is 20.3 Å². The first-order chi connectivity index (χ1) is 13.7. The average Bonchev–Trinajstić information content (AvgIpc) is 2.69. The van der Waals surface area contributed by atoms with E-state index in [1.807, 2.05) is 20.8 Å². The van der Waals surface area contributed by atoms with E-state index in [9.17, 15) is 14.9 Å². The van der Waals surface area contributed by atoms with Crippen molar-refractivity contribution in [1.82, 2.24) is 4.90 Å². The molecule has 29 heavy (non-hydrogen) atoms. The molecule has 7 nitrogen and oxygen atoms in total. The van der Waals surface area contributed by atoms with Crippen molar-refractivity contribution in [2.24, 2.45) is 0 Å². The van der Waals surface area contributed by atoms with E-state index < -0.39 is 10.3 Å². The zero-order chi connectivity index (χ0) is 21.6. The van der Waals surface area contributed by atoms with Gasteiger partial charge in [0.2, 0.25) is 0 Å². The molecule has 0 radical (unpaired) electrons. The molecule has 0 fully saturated rings. The number of nitro benzene ring substituents is 1. The molecule has 7 heteroatoms. The topological polar surface area (TPSA) is 96.5 Å². The van der Waals surface area contributed by atoms with Gasteiger partial charge >= 0.3 is 0 Å². The summed E-state index contributed by atoms with van der Waals surface area (Å²) in [5.74, 6) is -0.310. The van der Waals surface area contributed by atoms with E-state index in [4.69, 9.17) is 10.00 Å². The number of carbonyl (C=O) groups excluding carboxylic acids is 1. The fourth-order valence-corrected chi connectivity index (χ4v) is 2.99. The SMILES string of the molecule is COCCN(Cc1ccc(C#N)cc1)C(=O)c1ccc(C(C)(C)C)c([N+](=O)[O-])c1. The largest absolute Gasteiger partial charge is 0.383 e. The zero-order valence-corrected chi connectivity index (χ0v) is 17.1. The third-order valence-corrected chi connectivity index (χ3v) is 4.56. The van der Waals surface area contributed by atoms with Crippen LogP contribution in [0.15, 0.2) is 42.5 Å². The van der Waals surface area contributed by atoms with E-state index >= 15 is 0 Å². The third kappa shape index (κ3) is 5.62. The van der Waals surface area contributed by atoms with Gasteiger partial charge in [-0.05, 0) is 29.2 Å². The molecule has 0 atom stereocenters. The van der Waals surface area contributed by atoms with Gasteiger partial charge in [0.25, 0.3) is 11.6 Å². The number of nitro groups is 1. The summed E-state index contributed by atoms with van der Waals surface area (Å²) in [6.07, 6.45) is 0. The lowest BCUT2D eigenvalue weighted by Crippen LogP contribution is -2.33. The number of carbonyl (C=O) groups is 1. The average molecular weight is 395 g/mol. The smallest absolute Gasteiger partial charge is 0.273 e. The molecule has 2 aromatic rings. The van der Waals surface area contributed by atoms with Crippen LogP contribution in [0.1, 0.15) is 47.8 Å². The number of benzene rings is 2. The van der Waals surface area contributed by atoms with Gasteiger partial charge in [-0.3, -0.25) is 14.9 Å². The van der Waals surface area contributed by atoms with E-state index in [0.29, 0.717) is 30.8 Å². The maximum absolute atomic E-state index is 13.1. The van der Waals surface area contributed by atoms with Crippen LogP contribution in [-0.4, -0.2) is 36.0 Å². The Labute approximate surface area is 170 Å². The Kier molecular flexibility index (Phi) is 7.08. The Bertz CT molecular complexity index is 925. The predicted molar refractivity (Wildman–Crippen MR) is 110 cm³/mol. The molecule has 1 amide bonds. The summed E-state index contributed by atoms with van der Waals surface area (Å²) < 4.78 is 5.11. The van der Waals surface area contributed by atoms with Crippen LogP contribution < -0.4 is 0 Å². The lowest BCUT2D eigenvalue weighted by molar-refractivity contribution is -0.386. The van der Waals surface area contributed by atoms with Crippen LogP contribution >= 0.6 is 0 Å². The quantitative estimate of drug-likeness (QED) is 0.520. The van der Waals surface area contributed by atoms with Gasteiger partial charge < -0.3 is 9.64 Å². The number of methoxy groups -OCH3 is 1. The van der Waals surface area contributed by atoms with Crippen LogP contribution in [0.3, 0.4) is 0 Å². The van der Waals surface area contributed by atoms with Crippen LogP contribution in [0, 0.1) is 21.4 Å². The second kappa shape index (κ2) is 9.30. The Morgan fingerprint density at radius 2 is 1.86 bits per heavy atom. The Morgan fingerprint density at radius 3 is 2.38 bits per heavy atom. The second-order valence-corrected chi connectivity index (χ2v) is 7.77. The molecule has 0 bridgehead atoms. The zero-order valence-electron chi connectivity index (χ0n) is 17.1. The molecule has 0 heterocycles. The van der Waals surface area contributed by atoms with Crippen LogP contribution in [0.2, 0.25) is 0 Å². The third-order valence-electron chi connectivity index (χ3n) is 4.56. The number of rotatable bonds is 7. The maximum Gasteiger partial charge on any atom is 0.273 e. The fraction of sp³-hybridized carbons (Fsp3) is 0.364. The van der Waals surface area contributed by atoms with Crippen molar-refractivity contribution >= 4 is 11.6 Å². The van der Waals surface area contributed by atoms with Gasteiger partial charge in [0, 0.05) is 37.4 Å². The van der Waals surface area contributed by atoms with Crippen LogP contribution in [0.25, 0.3) is 0 Å². The molecule has 0 aliphatic carbocycles. The molecule has 0 aliphatic rings. The Balaban J connectivity index is 2.36. The van der Waals surface area contributed by atoms with Gasteiger partial charge in [0.1, 0.15) is 0 Å². The van der Waals surface area contributed by atoms with Crippen LogP contribution in [0.5, 0.6) is 0 Å². The Hall–Kier alpha value is -3.24. The second-order valence-electron chi connectivity index (χ2n) is 7.77. The molecule has 0 saturated heterocycles. The highest BCUT2D eigenvalue weighted by Gasteiger charge is 2.27. The molecule has 0 saturated carbocycles. The monoisotopic (exact) mass is 395 g/mol. The number of nitrogens with zero attached hydrogens (tertiary/aromatic N) is 3. The van der Waals surface area contributed by atoms with Crippen LogP contribution in [0.4, 0.5) is 5.69 Å². The highest BCUT2D eigenvalue weighted by atomic mass is 16.6. The maximum atomic E-state index is 13.1. The van der Waals surface area contributed by atoms with Crippen molar-refractivity contribution in [3.05, 3.63) is 74.8 Å². The molecule has 2 aromatic carbocycles. The van der Waals surface area contributed by atoms with Crippen molar-refractivity contribution in [3.8, 4) is 6.07 Å². The van der Waals surface area contributed by atoms with Gasteiger partial charge in [0.15, 0.2) is 0 Å². The minimum atomic E-state index is -0.447. The lowest BCUT2D eigenvalue weighted by Gasteiger charge is -2.24. The number of amides is 1. The number of hydrogen-bond acceptors (Lipinski definition) is 5. The molecule has 0 unspecified atom stereocenters. The summed E-state index contributed by atoms with van der Waals surface area (Å²) in [7, 11) is 1.55. The standard InChI is InChI=1S/C22H25N3O4/c1-22(2,3)19-10-9-18(13-20(19)25(27)28)21(26)24(11-12-29-4)15-17-7-5-16(14-23)6-8-17/h5-10,13H,11-12,15H2,1-4H3. The van der Waals surface area contributed by atoms with E-state index in [0.717, 1.165) is 5.56 Å². The molecule has 0 N–H and O–H groups in total. The van der Waals surface area contributed by atoms with Crippen molar-refractivity contribution in [1.29, 1.82) is 5.26 Å². The minimum Gasteiger partial charge on any atom is -0.383 e. The summed E-state index contributed by atoms with van der Waals surface area (Å²) in [6.45, 7) is 6.67. The van der Waals surface area contributed by atoms with Gasteiger partial charge in [-0.2, -0.15) is 5.26 Å². The predicted octanol–water partition coefficient (Wildman–Crippen LogP) is 4.05. The lowest BCUT2D eigenvalue weighted by atomic mass is 9.85. The van der Waals surface area contributed by atoms with Gasteiger partial charge in [-0.25, -0.2) is 0 Å².